The van der Waals surface area contributed by atoms with Crippen molar-refractivity contribution < 1.29 is 14.4 Å². The van der Waals surface area contributed by atoms with Crippen molar-refractivity contribution in [2.45, 2.75) is 25.8 Å². The summed E-state index contributed by atoms with van der Waals surface area (Å²) < 4.78 is 0. The van der Waals surface area contributed by atoms with Gasteiger partial charge in [-0.1, -0.05) is 0 Å². The predicted molar refractivity (Wildman–Crippen MR) is 52.6 cm³/mol. The van der Waals surface area contributed by atoms with Gasteiger partial charge in [-0.25, -0.2) is 0 Å². The molecule has 1 saturated heterocycles. The van der Waals surface area contributed by atoms with E-state index in [1.165, 1.54) is 4.90 Å². The number of rotatable bonds is 3. The fourth-order valence-electron chi connectivity index (χ4n) is 1.32. The molecule has 84 valence electrons. The van der Waals surface area contributed by atoms with Crippen LogP contribution in [0.5, 0.6) is 0 Å². The van der Waals surface area contributed by atoms with Gasteiger partial charge in [0.15, 0.2) is 0 Å². The lowest BCUT2D eigenvalue weighted by molar-refractivity contribution is -0.145. The summed E-state index contributed by atoms with van der Waals surface area (Å²) in [5.74, 6) is -1.06. The monoisotopic (exact) mass is 213 g/mol. The summed E-state index contributed by atoms with van der Waals surface area (Å²) in [7, 11) is 0. The topological polar surface area (TPSA) is 92.5 Å². The summed E-state index contributed by atoms with van der Waals surface area (Å²) in [4.78, 5) is 34.7. The molecule has 0 aromatic rings. The Morgan fingerprint density at radius 3 is 2.47 bits per heavy atom. The molecule has 1 aliphatic rings. The van der Waals surface area contributed by atoms with Gasteiger partial charge in [-0.2, -0.15) is 0 Å². The molecule has 15 heavy (non-hydrogen) atoms. The molecular weight excluding hydrogens is 198 g/mol. The summed E-state index contributed by atoms with van der Waals surface area (Å²) in [6.07, 6.45) is 0.837. The fraction of sp³-hybridized carbons (Fsp3) is 0.667. The van der Waals surface area contributed by atoms with Gasteiger partial charge in [-0.15, -0.1) is 0 Å². The fourth-order valence-corrected chi connectivity index (χ4v) is 1.32. The molecule has 1 unspecified atom stereocenters. The molecule has 0 saturated carbocycles. The Bertz CT molecular complexity index is 272. The molecule has 6 heteroatoms. The van der Waals surface area contributed by atoms with E-state index < -0.39 is 11.8 Å². The number of amides is 3. The van der Waals surface area contributed by atoms with Crippen molar-refractivity contribution in [1.82, 2.24) is 10.2 Å². The lowest BCUT2D eigenvalue weighted by Crippen LogP contribution is -2.53. The van der Waals surface area contributed by atoms with E-state index in [-0.39, 0.29) is 31.5 Å². The summed E-state index contributed by atoms with van der Waals surface area (Å²) in [6.45, 7) is 1.73. The molecule has 0 bridgehead atoms. The minimum atomic E-state index is -0.430. The lowest BCUT2D eigenvalue weighted by atomic mass is 10.1. The van der Waals surface area contributed by atoms with Crippen LogP contribution in [0.15, 0.2) is 0 Å². The summed E-state index contributed by atoms with van der Waals surface area (Å²) in [6, 6.07) is -0.0525. The average molecular weight is 213 g/mol. The van der Waals surface area contributed by atoms with Crippen molar-refractivity contribution in [3.05, 3.63) is 0 Å². The predicted octanol–water partition coefficient (Wildman–Crippen LogP) is -1.40. The summed E-state index contributed by atoms with van der Waals surface area (Å²) >= 11 is 0. The smallest absolute Gasteiger partial charge is 0.246 e. The van der Waals surface area contributed by atoms with Crippen LogP contribution in [0.25, 0.3) is 0 Å². The second-order valence-electron chi connectivity index (χ2n) is 3.74. The molecule has 1 aliphatic heterocycles. The van der Waals surface area contributed by atoms with Gasteiger partial charge >= 0.3 is 0 Å². The minimum Gasteiger partial charge on any atom is -0.328 e. The highest BCUT2D eigenvalue weighted by molar-refractivity contribution is 6.02. The van der Waals surface area contributed by atoms with Gasteiger partial charge in [0.2, 0.25) is 17.7 Å². The van der Waals surface area contributed by atoms with Gasteiger partial charge in [0, 0.05) is 12.5 Å². The van der Waals surface area contributed by atoms with Gasteiger partial charge in [0.1, 0.15) is 13.1 Å². The first-order valence-electron chi connectivity index (χ1n) is 4.85. The average Bonchev–Trinajstić information content (AvgIpc) is 2.12. The van der Waals surface area contributed by atoms with Crippen LogP contribution >= 0.6 is 0 Å². The van der Waals surface area contributed by atoms with Gasteiger partial charge < -0.3 is 10.6 Å². The third-order valence-corrected chi connectivity index (χ3v) is 2.11. The van der Waals surface area contributed by atoms with Gasteiger partial charge in [0.05, 0.1) is 0 Å². The van der Waals surface area contributed by atoms with Crippen molar-refractivity contribution >= 4 is 17.7 Å². The van der Waals surface area contributed by atoms with Crippen molar-refractivity contribution in [1.29, 1.82) is 0 Å². The van der Waals surface area contributed by atoms with E-state index in [1.54, 1.807) is 6.92 Å². The van der Waals surface area contributed by atoms with Crippen LogP contribution in [-0.2, 0) is 14.4 Å². The number of hydrogen-bond donors (Lipinski definition) is 2. The van der Waals surface area contributed by atoms with Crippen molar-refractivity contribution in [3.8, 4) is 0 Å². The highest BCUT2D eigenvalue weighted by Gasteiger charge is 2.25. The number of hydrogen-bond acceptors (Lipinski definition) is 4. The Morgan fingerprint density at radius 2 is 2.00 bits per heavy atom. The van der Waals surface area contributed by atoms with E-state index in [4.69, 9.17) is 5.73 Å². The first-order valence-corrected chi connectivity index (χ1v) is 4.85. The zero-order valence-corrected chi connectivity index (χ0v) is 8.66. The van der Waals surface area contributed by atoms with E-state index in [0.717, 1.165) is 0 Å². The van der Waals surface area contributed by atoms with Crippen LogP contribution in [0, 0.1) is 0 Å². The van der Waals surface area contributed by atoms with Crippen LogP contribution in [-0.4, -0.2) is 41.8 Å². The SMILES string of the molecule is CC(N)CCC(=O)N1CC(=O)NC(=O)C1. The maximum absolute atomic E-state index is 11.5. The first kappa shape index (κ1) is 11.6. The van der Waals surface area contributed by atoms with Crippen LogP contribution in [0.2, 0.25) is 0 Å². The van der Waals surface area contributed by atoms with Crippen molar-refractivity contribution in [2.24, 2.45) is 5.73 Å². The molecule has 3 N–H and O–H groups in total. The molecule has 0 spiro atoms. The quantitative estimate of drug-likeness (QED) is 0.564. The minimum absolute atomic E-state index is 0.0382. The number of nitrogens with zero attached hydrogens (tertiary/aromatic N) is 1. The molecule has 1 heterocycles. The van der Waals surface area contributed by atoms with Crippen LogP contribution < -0.4 is 11.1 Å². The Balaban J connectivity index is 2.45. The van der Waals surface area contributed by atoms with Crippen molar-refractivity contribution in [2.75, 3.05) is 13.1 Å². The lowest BCUT2D eigenvalue weighted by Gasteiger charge is -2.25. The van der Waals surface area contributed by atoms with Crippen LogP contribution in [0.4, 0.5) is 0 Å². The Morgan fingerprint density at radius 1 is 1.47 bits per heavy atom. The van der Waals surface area contributed by atoms with Gasteiger partial charge in [-0.05, 0) is 13.3 Å². The molecule has 0 aliphatic carbocycles. The van der Waals surface area contributed by atoms with Crippen LogP contribution in [0.1, 0.15) is 19.8 Å². The Kier molecular flexibility index (Phi) is 3.79. The third-order valence-electron chi connectivity index (χ3n) is 2.11. The summed E-state index contributed by atoms with van der Waals surface area (Å²) in [5, 5.41) is 2.13. The zero-order valence-electron chi connectivity index (χ0n) is 8.66. The maximum atomic E-state index is 11.5. The largest absolute Gasteiger partial charge is 0.328 e. The second kappa shape index (κ2) is 4.88. The van der Waals surface area contributed by atoms with Gasteiger partial charge in [-0.3, -0.25) is 19.7 Å². The molecule has 1 rings (SSSR count). The standard InChI is InChI=1S/C9H15N3O3/c1-6(10)2-3-9(15)12-4-7(13)11-8(14)5-12/h6H,2-5,10H2,1H3,(H,11,13,14). The Hall–Kier alpha value is -1.43. The molecule has 3 amide bonds. The van der Waals surface area contributed by atoms with Crippen LogP contribution in [0.3, 0.4) is 0 Å². The number of nitrogens with two attached hydrogens (primary N) is 1. The van der Waals surface area contributed by atoms with Crippen molar-refractivity contribution in [3.63, 3.8) is 0 Å². The first-order chi connectivity index (χ1) is 6.99. The van der Waals surface area contributed by atoms with E-state index >= 15 is 0 Å². The highest BCUT2D eigenvalue weighted by atomic mass is 16.2. The number of carbonyl (C=O) groups excluding carboxylic acids is 3. The molecule has 0 radical (unpaired) electrons. The van der Waals surface area contributed by atoms with Gasteiger partial charge in [0.25, 0.3) is 0 Å². The third kappa shape index (κ3) is 3.67. The molecule has 1 atom stereocenters. The molecule has 1 fully saturated rings. The summed E-state index contributed by atoms with van der Waals surface area (Å²) in [5.41, 5.74) is 5.51. The second-order valence-corrected chi connectivity index (χ2v) is 3.74. The number of carbonyl (C=O) groups is 3. The normalized spacial score (nSPS) is 18.7. The molecule has 6 nitrogen and oxygen atoms in total. The maximum Gasteiger partial charge on any atom is 0.246 e. The Labute approximate surface area is 87.8 Å². The number of piperazine rings is 1. The highest BCUT2D eigenvalue weighted by Crippen LogP contribution is 2.02. The molecular formula is C9H15N3O3. The molecule has 0 aromatic carbocycles. The van der Waals surface area contributed by atoms with E-state index in [0.29, 0.717) is 6.42 Å². The van der Waals surface area contributed by atoms with E-state index in [2.05, 4.69) is 5.32 Å². The van der Waals surface area contributed by atoms with E-state index in [1.807, 2.05) is 0 Å². The zero-order chi connectivity index (χ0) is 11.4. The van der Waals surface area contributed by atoms with E-state index in [9.17, 15) is 14.4 Å². The molecule has 0 aromatic heterocycles. The number of nitrogens with one attached hydrogen (secondary N) is 1. The number of imide groups is 1.